The van der Waals surface area contributed by atoms with Crippen LogP contribution < -0.4 is 11.3 Å². The van der Waals surface area contributed by atoms with E-state index in [9.17, 15) is 0 Å². The molecule has 1 unspecified atom stereocenters. The summed E-state index contributed by atoms with van der Waals surface area (Å²) < 4.78 is 0. The molecule has 100 valence electrons. The first-order valence-corrected chi connectivity index (χ1v) is 6.70. The van der Waals surface area contributed by atoms with Crippen molar-refractivity contribution in [3.63, 3.8) is 0 Å². The molecule has 0 saturated heterocycles. The minimum absolute atomic E-state index is 0.0435. The van der Waals surface area contributed by atoms with Crippen LogP contribution in [0, 0.1) is 20.8 Å². The summed E-state index contributed by atoms with van der Waals surface area (Å²) in [6, 6.07) is 12.1. The maximum atomic E-state index is 6.06. The first-order valence-electron chi connectivity index (χ1n) is 6.32. The Morgan fingerprint density at radius 1 is 1.00 bits per heavy atom. The second-order valence-corrected chi connectivity index (χ2v) is 5.38. The molecule has 2 nitrogen and oxygen atoms in total. The lowest BCUT2D eigenvalue weighted by molar-refractivity contribution is 0.633. The Bertz CT molecular complexity index is 593. The molecule has 2 aromatic rings. The summed E-state index contributed by atoms with van der Waals surface area (Å²) in [6.07, 6.45) is 0. The van der Waals surface area contributed by atoms with E-state index in [1.165, 1.54) is 22.3 Å². The molecule has 1 atom stereocenters. The molecule has 0 aliphatic rings. The van der Waals surface area contributed by atoms with Crippen molar-refractivity contribution in [2.75, 3.05) is 0 Å². The van der Waals surface area contributed by atoms with Gasteiger partial charge in [0, 0.05) is 5.02 Å². The van der Waals surface area contributed by atoms with Gasteiger partial charge in [-0.25, -0.2) is 5.43 Å². The quantitative estimate of drug-likeness (QED) is 0.660. The van der Waals surface area contributed by atoms with E-state index in [-0.39, 0.29) is 6.04 Å². The number of rotatable bonds is 3. The molecule has 2 rings (SSSR count). The number of nitrogens with one attached hydrogen (secondary N) is 1. The summed E-state index contributed by atoms with van der Waals surface area (Å²) in [5.41, 5.74) is 8.94. The largest absolute Gasteiger partial charge is 0.271 e. The van der Waals surface area contributed by atoms with Crippen molar-refractivity contribution >= 4 is 11.6 Å². The Morgan fingerprint density at radius 3 is 2.32 bits per heavy atom. The SMILES string of the molecule is Cc1cc(C)c(C(NN)c2cccc(Cl)c2)cc1C. The molecule has 0 aromatic heterocycles. The van der Waals surface area contributed by atoms with Crippen molar-refractivity contribution in [2.45, 2.75) is 26.8 Å². The zero-order valence-corrected chi connectivity index (χ0v) is 12.3. The van der Waals surface area contributed by atoms with Crippen molar-refractivity contribution in [2.24, 2.45) is 5.84 Å². The lowest BCUT2D eigenvalue weighted by Crippen LogP contribution is -2.29. The van der Waals surface area contributed by atoms with Crippen molar-refractivity contribution < 1.29 is 0 Å². The molecule has 0 bridgehead atoms. The van der Waals surface area contributed by atoms with Gasteiger partial charge in [-0.1, -0.05) is 35.9 Å². The Balaban J connectivity index is 2.51. The van der Waals surface area contributed by atoms with Crippen LogP contribution in [-0.2, 0) is 0 Å². The molecule has 0 aliphatic carbocycles. The van der Waals surface area contributed by atoms with Crippen LogP contribution in [-0.4, -0.2) is 0 Å². The van der Waals surface area contributed by atoms with Crippen LogP contribution >= 0.6 is 11.6 Å². The number of nitrogens with two attached hydrogens (primary N) is 1. The highest BCUT2D eigenvalue weighted by atomic mass is 35.5. The van der Waals surface area contributed by atoms with E-state index in [1.54, 1.807) is 0 Å². The van der Waals surface area contributed by atoms with Gasteiger partial charge in [-0.3, -0.25) is 5.84 Å². The third-order valence-electron chi connectivity index (χ3n) is 3.54. The predicted octanol–water partition coefficient (Wildman–Crippen LogP) is 3.82. The highest BCUT2D eigenvalue weighted by molar-refractivity contribution is 6.30. The van der Waals surface area contributed by atoms with Crippen LogP contribution in [0.3, 0.4) is 0 Å². The van der Waals surface area contributed by atoms with E-state index in [2.05, 4.69) is 38.3 Å². The van der Waals surface area contributed by atoms with E-state index in [1.807, 2.05) is 24.3 Å². The number of hydrazine groups is 1. The topological polar surface area (TPSA) is 38.0 Å². The molecule has 0 aliphatic heterocycles. The van der Waals surface area contributed by atoms with E-state index in [0.29, 0.717) is 0 Å². The van der Waals surface area contributed by atoms with E-state index >= 15 is 0 Å². The van der Waals surface area contributed by atoms with Crippen molar-refractivity contribution in [1.82, 2.24) is 5.43 Å². The van der Waals surface area contributed by atoms with Gasteiger partial charge in [-0.15, -0.1) is 0 Å². The summed E-state index contributed by atoms with van der Waals surface area (Å²) in [6.45, 7) is 6.34. The van der Waals surface area contributed by atoms with Crippen LogP contribution in [0.4, 0.5) is 0 Å². The molecular formula is C16H19ClN2. The molecular weight excluding hydrogens is 256 g/mol. The normalized spacial score (nSPS) is 12.5. The van der Waals surface area contributed by atoms with Crippen molar-refractivity contribution in [3.8, 4) is 0 Å². The van der Waals surface area contributed by atoms with Gasteiger partial charge in [0.1, 0.15) is 0 Å². The molecule has 0 fully saturated rings. The molecule has 0 heterocycles. The van der Waals surface area contributed by atoms with Gasteiger partial charge in [0.25, 0.3) is 0 Å². The van der Waals surface area contributed by atoms with Crippen molar-refractivity contribution in [1.29, 1.82) is 0 Å². The van der Waals surface area contributed by atoms with Gasteiger partial charge in [0.05, 0.1) is 6.04 Å². The Morgan fingerprint density at radius 2 is 1.68 bits per heavy atom. The Kier molecular flexibility index (Phi) is 4.25. The highest BCUT2D eigenvalue weighted by Crippen LogP contribution is 2.28. The zero-order valence-electron chi connectivity index (χ0n) is 11.5. The number of hydrogen-bond donors (Lipinski definition) is 2. The predicted molar refractivity (Wildman–Crippen MR) is 81.3 cm³/mol. The molecule has 0 saturated carbocycles. The average Bonchev–Trinajstić information content (AvgIpc) is 2.36. The average molecular weight is 275 g/mol. The maximum absolute atomic E-state index is 6.06. The van der Waals surface area contributed by atoms with Gasteiger partial charge in [0.15, 0.2) is 0 Å². The van der Waals surface area contributed by atoms with E-state index in [0.717, 1.165) is 10.6 Å². The van der Waals surface area contributed by atoms with E-state index in [4.69, 9.17) is 17.4 Å². The van der Waals surface area contributed by atoms with Crippen LogP contribution in [0.2, 0.25) is 5.02 Å². The summed E-state index contributed by atoms with van der Waals surface area (Å²) in [7, 11) is 0. The fraction of sp³-hybridized carbons (Fsp3) is 0.250. The van der Waals surface area contributed by atoms with Gasteiger partial charge in [-0.2, -0.15) is 0 Å². The van der Waals surface area contributed by atoms with Gasteiger partial charge < -0.3 is 0 Å². The van der Waals surface area contributed by atoms with Crippen LogP contribution in [0.15, 0.2) is 36.4 Å². The standard InChI is InChI=1S/C16H19ClN2/c1-10-7-12(3)15(8-11(10)2)16(19-18)13-5-4-6-14(17)9-13/h4-9,16,19H,18H2,1-3H3. The molecule has 19 heavy (non-hydrogen) atoms. The maximum Gasteiger partial charge on any atom is 0.0713 e. The van der Waals surface area contributed by atoms with Gasteiger partial charge in [0.2, 0.25) is 0 Å². The Labute approximate surface area is 119 Å². The molecule has 3 N–H and O–H groups in total. The molecule has 2 aromatic carbocycles. The van der Waals surface area contributed by atoms with E-state index < -0.39 is 0 Å². The van der Waals surface area contributed by atoms with Gasteiger partial charge in [-0.05, 0) is 60.7 Å². The number of benzene rings is 2. The molecule has 0 spiro atoms. The molecule has 0 amide bonds. The van der Waals surface area contributed by atoms with Crippen molar-refractivity contribution in [3.05, 3.63) is 69.2 Å². The number of halogens is 1. The summed E-state index contributed by atoms with van der Waals surface area (Å²) in [4.78, 5) is 0. The lowest BCUT2D eigenvalue weighted by atomic mass is 9.92. The second-order valence-electron chi connectivity index (χ2n) is 4.95. The first kappa shape index (κ1) is 14.1. The van der Waals surface area contributed by atoms with Crippen LogP contribution in [0.1, 0.15) is 33.9 Å². The summed E-state index contributed by atoms with van der Waals surface area (Å²) in [5, 5.41) is 0.722. The number of aryl methyl sites for hydroxylation is 3. The Hall–Kier alpha value is -1.35. The molecule has 0 radical (unpaired) electrons. The smallest absolute Gasteiger partial charge is 0.0713 e. The fourth-order valence-electron chi connectivity index (χ4n) is 2.35. The second kappa shape index (κ2) is 5.74. The highest BCUT2D eigenvalue weighted by Gasteiger charge is 2.15. The third kappa shape index (κ3) is 2.98. The van der Waals surface area contributed by atoms with Crippen LogP contribution in [0.5, 0.6) is 0 Å². The van der Waals surface area contributed by atoms with Crippen LogP contribution in [0.25, 0.3) is 0 Å². The van der Waals surface area contributed by atoms with Gasteiger partial charge >= 0.3 is 0 Å². The number of hydrogen-bond acceptors (Lipinski definition) is 2. The monoisotopic (exact) mass is 274 g/mol. The summed E-state index contributed by atoms with van der Waals surface area (Å²) in [5.74, 6) is 5.75. The third-order valence-corrected chi connectivity index (χ3v) is 3.78. The molecule has 3 heteroatoms. The summed E-state index contributed by atoms with van der Waals surface area (Å²) >= 11 is 6.06. The first-order chi connectivity index (χ1) is 9.02. The minimum atomic E-state index is -0.0435. The lowest BCUT2D eigenvalue weighted by Gasteiger charge is -2.20. The minimum Gasteiger partial charge on any atom is -0.271 e. The fourth-order valence-corrected chi connectivity index (χ4v) is 2.54. The zero-order chi connectivity index (χ0) is 14.0.